The second-order valence-electron chi connectivity index (χ2n) is 1.87. The fourth-order valence-electron chi connectivity index (χ4n) is 0.596. The van der Waals surface area contributed by atoms with Gasteiger partial charge in [-0.3, -0.25) is 0 Å². The Kier molecular flexibility index (Phi) is 2.14. The zero-order chi connectivity index (χ0) is 6.91. The van der Waals surface area contributed by atoms with Crippen molar-refractivity contribution in [3.63, 3.8) is 0 Å². The summed E-state index contributed by atoms with van der Waals surface area (Å²) in [6.45, 7) is 0. The van der Waals surface area contributed by atoms with Crippen molar-refractivity contribution in [3.05, 3.63) is 22.7 Å². The lowest BCUT2D eigenvalue weighted by atomic mass is 10.1. The second-order valence-corrected chi connectivity index (χ2v) is 4.16. The van der Waals surface area contributed by atoms with Gasteiger partial charge in [-0.1, -0.05) is 15.9 Å². The Hall–Kier alpha value is 0.400. The van der Waals surface area contributed by atoms with E-state index in [2.05, 4.69) is 37.9 Å². The zero-order valence-corrected chi connectivity index (χ0v) is 7.74. The second kappa shape index (κ2) is 2.56. The van der Waals surface area contributed by atoms with Gasteiger partial charge in [0.05, 0.1) is 0 Å². The smallest absolute Gasteiger partial charge is 0.143 e. The Morgan fingerprint density at radius 1 is 1.78 bits per heavy atom. The van der Waals surface area contributed by atoms with Crippen molar-refractivity contribution in [2.75, 3.05) is 0 Å². The van der Waals surface area contributed by atoms with Crippen LogP contribution in [0.1, 0.15) is 6.42 Å². The molecule has 3 heteroatoms. The molecule has 0 saturated heterocycles. The van der Waals surface area contributed by atoms with Crippen LogP contribution in [0.2, 0.25) is 0 Å². The van der Waals surface area contributed by atoms with Gasteiger partial charge in [0.1, 0.15) is 4.51 Å². The van der Waals surface area contributed by atoms with Gasteiger partial charge in [-0.25, -0.2) is 0 Å². The Bertz CT molecular complexity index is 170. The Morgan fingerprint density at radius 3 is 2.78 bits per heavy atom. The van der Waals surface area contributed by atoms with E-state index in [-0.39, 0.29) is 0 Å². The average Bonchev–Trinajstić information content (AvgIpc) is 1.60. The van der Waals surface area contributed by atoms with Crippen molar-refractivity contribution >= 4 is 31.9 Å². The van der Waals surface area contributed by atoms with Gasteiger partial charge in [-0.15, -0.1) is 0 Å². The van der Waals surface area contributed by atoms with Gasteiger partial charge in [-0.05, 0) is 34.2 Å². The average molecular weight is 253 g/mol. The van der Waals surface area contributed by atoms with Crippen LogP contribution in [0.3, 0.4) is 0 Å². The first-order valence-corrected chi connectivity index (χ1v) is 4.05. The molecule has 0 aromatic heterocycles. The van der Waals surface area contributed by atoms with E-state index in [1.165, 1.54) is 0 Å². The van der Waals surface area contributed by atoms with Gasteiger partial charge in [0, 0.05) is 10.9 Å². The Morgan fingerprint density at radius 2 is 2.44 bits per heavy atom. The highest BCUT2D eigenvalue weighted by Gasteiger charge is 2.20. The zero-order valence-electron chi connectivity index (χ0n) is 4.56. The molecular weight excluding hydrogens is 248 g/mol. The maximum atomic E-state index is 9.27. The highest BCUT2D eigenvalue weighted by molar-refractivity contribution is 9.12. The van der Waals surface area contributed by atoms with Crippen LogP contribution in [0.25, 0.3) is 0 Å². The molecule has 49 valence electrons. The molecule has 0 bridgehead atoms. The van der Waals surface area contributed by atoms with E-state index in [1.54, 1.807) is 12.2 Å². The van der Waals surface area contributed by atoms with E-state index in [4.69, 9.17) is 0 Å². The highest BCUT2D eigenvalue weighted by atomic mass is 79.9. The molecule has 1 atom stereocenters. The first kappa shape index (κ1) is 7.51. The van der Waals surface area contributed by atoms with Crippen LogP contribution in [0.4, 0.5) is 0 Å². The molecule has 0 fully saturated rings. The van der Waals surface area contributed by atoms with Gasteiger partial charge in [-0.2, -0.15) is 0 Å². The summed E-state index contributed by atoms with van der Waals surface area (Å²) < 4.78 is -0.0336. The topological polar surface area (TPSA) is 20.2 Å². The summed E-state index contributed by atoms with van der Waals surface area (Å²) in [6.07, 6.45) is 6.86. The summed E-state index contributed by atoms with van der Waals surface area (Å²) in [5.74, 6) is 0. The number of hydrogen-bond donors (Lipinski definition) is 1. The summed E-state index contributed by atoms with van der Waals surface area (Å²) in [7, 11) is 0. The van der Waals surface area contributed by atoms with Crippen molar-refractivity contribution in [2.45, 2.75) is 10.9 Å². The van der Waals surface area contributed by atoms with Gasteiger partial charge in [0.2, 0.25) is 0 Å². The predicted octanol–water partition coefficient (Wildman–Crippen LogP) is 2.11. The lowest BCUT2D eigenvalue weighted by molar-refractivity contribution is 0.195. The fourth-order valence-corrected chi connectivity index (χ4v) is 1.85. The number of hydrogen-bond acceptors (Lipinski definition) is 1. The molecule has 0 amide bonds. The minimum absolute atomic E-state index is 0.502. The highest BCUT2D eigenvalue weighted by Crippen LogP contribution is 2.28. The molecule has 0 heterocycles. The SMILES string of the molecule is OC1(Br)C=C(Br)C=[C]C1. The molecule has 1 nitrogen and oxygen atoms in total. The molecule has 1 radical (unpaired) electrons. The normalized spacial score (nSPS) is 34.3. The molecular formula is C6H5Br2O. The summed E-state index contributed by atoms with van der Waals surface area (Å²) in [5, 5.41) is 9.27. The van der Waals surface area contributed by atoms with Crippen molar-refractivity contribution in [1.82, 2.24) is 0 Å². The lowest BCUT2D eigenvalue weighted by Gasteiger charge is -2.16. The van der Waals surface area contributed by atoms with E-state index >= 15 is 0 Å². The minimum Gasteiger partial charge on any atom is -0.375 e. The molecule has 0 aromatic carbocycles. The van der Waals surface area contributed by atoms with Crippen LogP contribution in [0.15, 0.2) is 16.6 Å². The van der Waals surface area contributed by atoms with Crippen molar-refractivity contribution in [2.24, 2.45) is 0 Å². The van der Waals surface area contributed by atoms with Crippen molar-refractivity contribution in [1.29, 1.82) is 0 Å². The number of halogens is 2. The summed E-state index contributed by atoms with van der Waals surface area (Å²) in [5.41, 5.74) is 0. The Labute approximate surface area is 70.7 Å². The molecule has 1 N–H and O–H groups in total. The molecule has 0 spiro atoms. The van der Waals surface area contributed by atoms with E-state index in [0.717, 1.165) is 4.48 Å². The summed E-state index contributed by atoms with van der Waals surface area (Å²) >= 11 is 6.32. The van der Waals surface area contributed by atoms with Gasteiger partial charge in [0.15, 0.2) is 0 Å². The van der Waals surface area contributed by atoms with Gasteiger partial charge >= 0.3 is 0 Å². The monoisotopic (exact) mass is 251 g/mol. The molecule has 1 unspecified atom stereocenters. The summed E-state index contributed by atoms with van der Waals surface area (Å²) in [6, 6.07) is 0. The molecule has 1 aliphatic carbocycles. The van der Waals surface area contributed by atoms with Crippen LogP contribution < -0.4 is 0 Å². The third-order valence-electron chi connectivity index (χ3n) is 0.949. The van der Waals surface area contributed by atoms with Gasteiger partial charge in [0.25, 0.3) is 0 Å². The number of allylic oxidation sites excluding steroid dienone is 2. The van der Waals surface area contributed by atoms with E-state index in [0.29, 0.717) is 6.42 Å². The van der Waals surface area contributed by atoms with E-state index in [1.807, 2.05) is 0 Å². The predicted molar refractivity (Wildman–Crippen MR) is 43.3 cm³/mol. The van der Waals surface area contributed by atoms with Gasteiger partial charge < -0.3 is 5.11 Å². The first-order chi connectivity index (χ1) is 4.10. The quantitative estimate of drug-likeness (QED) is 0.655. The molecule has 0 aliphatic heterocycles. The molecule has 9 heavy (non-hydrogen) atoms. The molecule has 1 rings (SSSR count). The maximum absolute atomic E-state index is 9.27. The van der Waals surface area contributed by atoms with E-state index in [9.17, 15) is 5.11 Å². The van der Waals surface area contributed by atoms with E-state index < -0.39 is 4.51 Å². The van der Waals surface area contributed by atoms with Crippen molar-refractivity contribution < 1.29 is 5.11 Å². The third kappa shape index (κ3) is 2.24. The summed E-state index contributed by atoms with van der Waals surface area (Å²) in [4.78, 5) is 0. The number of aliphatic hydroxyl groups is 1. The van der Waals surface area contributed by atoms with Crippen LogP contribution in [-0.4, -0.2) is 9.62 Å². The molecule has 1 aliphatic rings. The van der Waals surface area contributed by atoms with Crippen LogP contribution in [-0.2, 0) is 0 Å². The van der Waals surface area contributed by atoms with Crippen LogP contribution in [0, 0.1) is 6.08 Å². The molecule has 0 saturated carbocycles. The standard InChI is InChI=1S/C6H5Br2O/c7-5-2-1-3-6(8,9)4-5/h2,4,9H,3H2. The maximum Gasteiger partial charge on any atom is 0.143 e. The minimum atomic E-state index is -0.888. The first-order valence-electron chi connectivity index (χ1n) is 2.46. The lowest BCUT2D eigenvalue weighted by Crippen LogP contribution is -2.17. The van der Waals surface area contributed by atoms with Crippen molar-refractivity contribution in [3.8, 4) is 0 Å². The number of alkyl halides is 1. The fraction of sp³-hybridized carbons (Fsp3) is 0.333. The van der Waals surface area contributed by atoms with Crippen LogP contribution >= 0.6 is 31.9 Å². The van der Waals surface area contributed by atoms with Crippen LogP contribution in [0.5, 0.6) is 0 Å². The Balaban J connectivity index is 2.78. The largest absolute Gasteiger partial charge is 0.375 e. The third-order valence-corrected chi connectivity index (χ3v) is 1.92. The number of rotatable bonds is 0. The molecule has 0 aromatic rings.